The van der Waals surface area contributed by atoms with Gasteiger partial charge in [-0.15, -0.1) is 0 Å². The summed E-state index contributed by atoms with van der Waals surface area (Å²) >= 11 is 0. The lowest BCUT2D eigenvalue weighted by molar-refractivity contribution is 0.262. The van der Waals surface area contributed by atoms with Gasteiger partial charge in [-0.25, -0.2) is 9.18 Å². The molecule has 23 heavy (non-hydrogen) atoms. The van der Waals surface area contributed by atoms with Crippen molar-refractivity contribution < 1.29 is 9.18 Å². The van der Waals surface area contributed by atoms with Crippen LogP contribution in [-0.4, -0.2) is 16.2 Å². The summed E-state index contributed by atoms with van der Waals surface area (Å²) in [4.78, 5) is 12.1. The van der Waals surface area contributed by atoms with Crippen molar-refractivity contribution in [2.75, 3.05) is 10.6 Å². The van der Waals surface area contributed by atoms with Crippen LogP contribution in [0.4, 0.5) is 20.6 Å². The van der Waals surface area contributed by atoms with Crippen LogP contribution in [0.1, 0.15) is 5.69 Å². The maximum absolute atomic E-state index is 13.6. The van der Waals surface area contributed by atoms with E-state index in [1.54, 1.807) is 19.1 Å². The number of hydrogen-bond acceptors (Lipinski definition) is 2. The zero-order chi connectivity index (χ0) is 16.2. The molecule has 5 nitrogen and oxygen atoms in total. The Morgan fingerprint density at radius 3 is 2.48 bits per heavy atom. The number of hydrogen-bond donors (Lipinski definition) is 3. The Morgan fingerprint density at radius 2 is 1.74 bits per heavy atom. The van der Waals surface area contributed by atoms with Crippen molar-refractivity contribution in [2.45, 2.75) is 6.92 Å². The largest absolute Gasteiger partial charge is 0.323 e. The summed E-state index contributed by atoms with van der Waals surface area (Å²) in [6.07, 6.45) is 0. The molecule has 0 radical (unpaired) electrons. The highest BCUT2D eigenvalue weighted by Crippen LogP contribution is 2.28. The fourth-order valence-electron chi connectivity index (χ4n) is 2.22. The zero-order valence-corrected chi connectivity index (χ0v) is 12.4. The molecule has 1 aromatic heterocycles. The molecular formula is C17H15FN4O. The molecule has 116 valence electrons. The second kappa shape index (κ2) is 6.31. The Hall–Kier alpha value is -3.15. The van der Waals surface area contributed by atoms with Gasteiger partial charge in [0.15, 0.2) is 0 Å². The first kappa shape index (κ1) is 14.8. The maximum atomic E-state index is 13.6. The SMILES string of the molecule is Cc1[nH]nc(-c2ccccc2)c1NC(=O)Nc1ccccc1F. The molecule has 0 aliphatic rings. The monoisotopic (exact) mass is 310 g/mol. The molecule has 0 bridgehead atoms. The number of nitrogens with one attached hydrogen (secondary N) is 3. The highest BCUT2D eigenvalue weighted by molar-refractivity contribution is 6.02. The molecule has 2 amide bonds. The molecule has 2 aromatic carbocycles. The average Bonchev–Trinajstić information content (AvgIpc) is 2.91. The summed E-state index contributed by atoms with van der Waals surface area (Å²) in [5, 5.41) is 12.3. The third-order valence-electron chi connectivity index (χ3n) is 3.36. The molecule has 0 saturated carbocycles. The maximum Gasteiger partial charge on any atom is 0.323 e. The molecule has 0 aliphatic carbocycles. The molecule has 0 fully saturated rings. The Labute approximate surface area is 132 Å². The number of urea groups is 1. The molecule has 3 N–H and O–H groups in total. The normalized spacial score (nSPS) is 10.3. The number of aromatic nitrogens is 2. The minimum atomic E-state index is -0.531. The number of benzene rings is 2. The van der Waals surface area contributed by atoms with E-state index in [4.69, 9.17) is 0 Å². The molecule has 1 heterocycles. The van der Waals surface area contributed by atoms with E-state index in [-0.39, 0.29) is 5.69 Å². The number of rotatable bonds is 3. The number of amides is 2. The standard InChI is InChI=1S/C17H15FN4O/c1-11-15(16(22-21-11)12-7-3-2-4-8-12)20-17(23)19-14-10-6-5-9-13(14)18/h2-10H,1H3,(H,21,22)(H2,19,20,23). The summed E-state index contributed by atoms with van der Waals surface area (Å²) < 4.78 is 13.6. The number of H-pyrrole nitrogens is 1. The van der Waals surface area contributed by atoms with E-state index in [0.29, 0.717) is 17.1 Å². The Balaban J connectivity index is 1.82. The molecule has 3 aromatic rings. The molecule has 0 atom stereocenters. The predicted octanol–water partition coefficient (Wildman–Crippen LogP) is 4.17. The lowest BCUT2D eigenvalue weighted by Gasteiger charge is -2.09. The Morgan fingerprint density at radius 1 is 1.04 bits per heavy atom. The number of nitrogens with zero attached hydrogens (tertiary/aromatic N) is 1. The van der Waals surface area contributed by atoms with Gasteiger partial charge >= 0.3 is 6.03 Å². The number of anilines is 2. The summed E-state index contributed by atoms with van der Waals surface area (Å²) in [7, 11) is 0. The van der Waals surface area contributed by atoms with Gasteiger partial charge in [-0.05, 0) is 19.1 Å². The van der Waals surface area contributed by atoms with Gasteiger partial charge in [0.2, 0.25) is 0 Å². The van der Waals surface area contributed by atoms with Crippen molar-refractivity contribution in [3.63, 3.8) is 0 Å². The smallest absolute Gasteiger partial charge is 0.305 e. The van der Waals surface area contributed by atoms with Crippen molar-refractivity contribution in [1.29, 1.82) is 0 Å². The van der Waals surface area contributed by atoms with Crippen molar-refractivity contribution in [3.05, 3.63) is 66.1 Å². The third-order valence-corrected chi connectivity index (χ3v) is 3.36. The van der Waals surface area contributed by atoms with Crippen LogP contribution in [-0.2, 0) is 0 Å². The van der Waals surface area contributed by atoms with E-state index < -0.39 is 11.8 Å². The number of aromatic amines is 1. The first-order chi connectivity index (χ1) is 11.1. The third kappa shape index (κ3) is 3.21. The van der Waals surface area contributed by atoms with Gasteiger partial charge in [-0.3, -0.25) is 5.10 Å². The van der Waals surface area contributed by atoms with Crippen LogP contribution in [0.5, 0.6) is 0 Å². The van der Waals surface area contributed by atoms with Crippen LogP contribution in [0, 0.1) is 12.7 Å². The zero-order valence-electron chi connectivity index (χ0n) is 12.4. The van der Waals surface area contributed by atoms with Crippen molar-refractivity contribution in [3.8, 4) is 11.3 Å². The number of carbonyl (C=O) groups excluding carboxylic acids is 1. The van der Waals surface area contributed by atoms with Crippen molar-refractivity contribution >= 4 is 17.4 Å². The fourth-order valence-corrected chi connectivity index (χ4v) is 2.22. The number of carbonyl (C=O) groups is 1. The molecule has 6 heteroatoms. The van der Waals surface area contributed by atoms with E-state index >= 15 is 0 Å². The van der Waals surface area contributed by atoms with Crippen LogP contribution in [0.2, 0.25) is 0 Å². The van der Waals surface area contributed by atoms with E-state index in [1.165, 1.54) is 12.1 Å². The molecular weight excluding hydrogens is 295 g/mol. The van der Waals surface area contributed by atoms with Gasteiger partial charge in [-0.1, -0.05) is 42.5 Å². The minimum absolute atomic E-state index is 0.118. The molecule has 0 spiro atoms. The Kier molecular flexibility index (Phi) is 4.05. The molecule has 0 saturated heterocycles. The molecule has 0 unspecified atom stereocenters. The van der Waals surface area contributed by atoms with E-state index in [0.717, 1.165) is 5.56 Å². The summed E-state index contributed by atoms with van der Waals surface area (Å²) in [6.45, 7) is 1.80. The number of halogens is 1. The van der Waals surface area contributed by atoms with Crippen LogP contribution >= 0.6 is 0 Å². The van der Waals surface area contributed by atoms with Crippen molar-refractivity contribution in [1.82, 2.24) is 10.2 Å². The second-order valence-corrected chi connectivity index (χ2v) is 5.00. The van der Waals surface area contributed by atoms with E-state index in [2.05, 4.69) is 20.8 Å². The summed E-state index contributed by atoms with van der Waals surface area (Å²) in [6, 6.07) is 14.9. The highest BCUT2D eigenvalue weighted by Gasteiger charge is 2.15. The van der Waals surface area contributed by atoms with Crippen molar-refractivity contribution in [2.24, 2.45) is 0 Å². The lowest BCUT2D eigenvalue weighted by Crippen LogP contribution is -2.20. The summed E-state index contributed by atoms with van der Waals surface area (Å²) in [5.74, 6) is -0.491. The van der Waals surface area contributed by atoms with Crippen LogP contribution < -0.4 is 10.6 Å². The van der Waals surface area contributed by atoms with Crippen LogP contribution in [0.3, 0.4) is 0 Å². The van der Waals surface area contributed by atoms with Crippen LogP contribution in [0.25, 0.3) is 11.3 Å². The van der Waals surface area contributed by atoms with Gasteiger partial charge in [0.25, 0.3) is 0 Å². The number of para-hydroxylation sites is 1. The summed E-state index contributed by atoms with van der Waals surface area (Å²) in [5.41, 5.74) is 2.90. The van der Waals surface area contributed by atoms with Gasteiger partial charge in [0.1, 0.15) is 11.5 Å². The first-order valence-corrected chi connectivity index (χ1v) is 7.08. The second-order valence-electron chi connectivity index (χ2n) is 5.00. The first-order valence-electron chi connectivity index (χ1n) is 7.08. The minimum Gasteiger partial charge on any atom is -0.305 e. The predicted molar refractivity (Wildman–Crippen MR) is 87.8 cm³/mol. The highest BCUT2D eigenvalue weighted by atomic mass is 19.1. The lowest BCUT2D eigenvalue weighted by atomic mass is 10.1. The van der Waals surface area contributed by atoms with Gasteiger partial charge in [0.05, 0.1) is 17.1 Å². The quantitative estimate of drug-likeness (QED) is 0.679. The Bertz CT molecular complexity index is 830. The molecule has 3 rings (SSSR count). The van der Waals surface area contributed by atoms with E-state index in [1.807, 2.05) is 30.3 Å². The molecule has 0 aliphatic heterocycles. The fraction of sp³-hybridized carbons (Fsp3) is 0.0588. The topological polar surface area (TPSA) is 69.8 Å². The van der Waals surface area contributed by atoms with Gasteiger partial charge in [-0.2, -0.15) is 5.10 Å². The van der Waals surface area contributed by atoms with Gasteiger partial charge < -0.3 is 10.6 Å². The van der Waals surface area contributed by atoms with Gasteiger partial charge in [0, 0.05) is 5.56 Å². The van der Waals surface area contributed by atoms with Crippen LogP contribution in [0.15, 0.2) is 54.6 Å². The average molecular weight is 310 g/mol. The van der Waals surface area contributed by atoms with E-state index in [9.17, 15) is 9.18 Å². The number of aryl methyl sites for hydroxylation is 1.